The molecule has 0 aliphatic carbocycles. The average Bonchev–Trinajstić information content (AvgIpc) is 2.34. The smallest absolute Gasteiger partial charge is 0.271 e. The van der Waals surface area contributed by atoms with Gasteiger partial charge in [0.15, 0.2) is 0 Å². The Labute approximate surface area is 104 Å². The van der Waals surface area contributed by atoms with Gasteiger partial charge in [-0.2, -0.15) is 13.2 Å². The van der Waals surface area contributed by atoms with Gasteiger partial charge in [0.2, 0.25) is 0 Å². The van der Waals surface area contributed by atoms with Crippen LogP contribution in [0.1, 0.15) is 36.6 Å². The van der Waals surface area contributed by atoms with Gasteiger partial charge in [-0.15, -0.1) is 12.3 Å². The van der Waals surface area contributed by atoms with Crippen LogP contribution in [0.4, 0.5) is 13.2 Å². The van der Waals surface area contributed by atoms with Crippen LogP contribution in [-0.2, 0) is 6.18 Å². The standard InChI is InChI=1S/C12H14F3N3/c1-2-3-4-5-11(18-16)10-7-6-9(8-17-10)12(13,14)15/h1,6-8,11,18H,3-5,16H2. The zero-order chi connectivity index (χ0) is 13.6. The van der Waals surface area contributed by atoms with Crippen LogP contribution >= 0.6 is 0 Å². The first kappa shape index (κ1) is 14.5. The lowest BCUT2D eigenvalue weighted by atomic mass is 10.1. The zero-order valence-corrected chi connectivity index (χ0v) is 9.67. The van der Waals surface area contributed by atoms with Crippen LogP contribution in [0.15, 0.2) is 18.3 Å². The number of unbranched alkanes of at least 4 members (excludes halogenated alkanes) is 1. The molecule has 1 atom stereocenters. The van der Waals surface area contributed by atoms with E-state index in [0.29, 0.717) is 18.5 Å². The third-order valence-electron chi connectivity index (χ3n) is 2.49. The predicted molar refractivity (Wildman–Crippen MR) is 62.0 cm³/mol. The molecule has 0 amide bonds. The van der Waals surface area contributed by atoms with Gasteiger partial charge in [0.05, 0.1) is 17.3 Å². The summed E-state index contributed by atoms with van der Waals surface area (Å²) >= 11 is 0. The van der Waals surface area contributed by atoms with Crippen LogP contribution in [0, 0.1) is 12.3 Å². The molecular formula is C12H14F3N3. The number of alkyl halides is 3. The summed E-state index contributed by atoms with van der Waals surface area (Å²) in [6.45, 7) is 0. The van der Waals surface area contributed by atoms with E-state index in [4.69, 9.17) is 12.3 Å². The number of hydrazine groups is 1. The number of rotatable bonds is 5. The van der Waals surface area contributed by atoms with E-state index in [1.165, 1.54) is 6.07 Å². The van der Waals surface area contributed by atoms with Gasteiger partial charge in [-0.25, -0.2) is 0 Å². The summed E-state index contributed by atoms with van der Waals surface area (Å²) in [5.74, 6) is 7.84. The first-order valence-corrected chi connectivity index (χ1v) is 5.41. The first-order valence-electron chi connectivity index (χ1n) is 5.41. The Kier molecular flexibility index (Phi) is 5.13. The number of halogens is 3. The van der Waals surface area contributed by atoms with E-state index in [1.807, 2.05) is 0 Å². The van der Waals surface area contributed by atoms with Crippen LogP contribution in [0.3, 0.4) is 0 Å². The molecule has 0 saturated carbocycles. The molecule has 0 radical (unpaired) electrons. The maximum Gasteiger partial charge on any atom is 0.417 e. The molecule has 0 bridgehead atoms. The largest absolute Gasteiger partial charge is 0.417 e. The van der Waals surface area contributed by atoms with Gasteiger partial charge in [0, 0.05) is 12.6 Å². The minimum atomic E-state index is -4.37. The van der Waals surface area contributed by atoms with Gasteiger partial charge in [0.25, 0.3) is 0 Å². The maximum absolute atomic E-state index is 12.3. The molecule has 1 aromatic heterocycles. The van der Waals surface area contributed by atoms with Crippen molar-refractivity contribution >= 4 is 0 Å². The predicted octanol–water partition coefficient (Wildman–Crippen LogP) is 2.41. The summed E-state index contributed by atoms with van der Waals surface area (Å²) in [7, 11) is 0. The van der Waals surface area contributed by atoms with Crippen LogP contribution in [0.2, 0.25) is 0 Å². The van der Waals surface area contributed by atoms with Crippen LogP contribution in [0.5, 0.6) is 0 Å². The molecule has 0 aromatic carbocycles. The molecule has 0 fully saturated rings. The van der Waals surface area contributed by atoms with E-state index >= 15 is 0 Å². The molecule has 1 unspecified atom stereocenters. The van der Waals surface area contributed by atoms with E-state index < -0.39 is 11.7 Å². The van der Waals surface area contributed by atoms with Gasteiger partial charge >= 0.3 is 6.18 Å². The summed E-state index contributed by atoms with van der Waals surface area (Å²) in [4.78, 5) is 3.78. The quantitative estimate of drug-likeness (QED) is 0.368. The molecule has 0 saturated heterocycles. The van der Waals surface area contributed by atoms with Crippen molar-refractivity contribution in [3.63, 3.8) is 0 Å². The van der Waals surface area contributed by atoms with Crippen molar-refractivity contribution in [2.24, 2.45) is 5.84 Å². The lowest BCUT2D eigenvalue weighted by molar-refractivity contribution is -0.137. The van der Waals surface area contributed by atoms with Crippen molar-refractivity contribution in [3.8, 4) is 12.3 Å². The molecule has 0 aliphatic heterocycles. The Bertz CT molecular complexity index is 406. The number of nitrogens with two attached hydrogens (primary N) is 1. The monoisotopic (exact) mass is 257 g/mol. The highest BCUT2D eigenvalue weighted by Gasteiger charge is 2.30. The summed E-state index contributed by atoms with van der Waals surface area (Å²) < 4.78 is 37.0. The molecule has 0 aliphatic rings. The number of nitrogens with one attached hydrogen (secondary N) is 1. The molecule has 0 spiro atoms. The van der Waals surface area contributed by atoms with Crippen molar-refractivity contribution < 1.29 is 13.2 Å². The molecule has 3 nitrogen and oxygen atoms in total. The molecule has 18 heavy (non-hydrogen) atoms. The summed E-state index contributed by atoms with van der Waals surface area (Å²) in [5, 5.41) is 0. The Morgan fingerprint density at radius 1 is 1.44 bits per heavy atom. The van der Waals surface area contributed by atoms with Gasteiger partial charge < -0.3 is 0 Å². The fraction of sp³-hybridized carbons (Fsp3) is 0.417. The number of terminal acetylenes is 1. The molecule has 98 valence electrons. The second kappa shape index (κ2) is 6.38. The molecule has 1 heterocycles. The average molecular weight is 257 g/mol. The molecule has 1 aromatic rings. The molecule has 6 heteroatoms. The van der Waals surface area contributed by atoms with Gasteiger partial charge in [-0.05, 0) is 25.0 Å². The highest BCUT2D eigenvalue weighted by molar-refractivity contribution is 5.18. The Morgan fingerprint density at radius 3 is 2.61 bits per heavy atom. The van der Waals surface area contributed by atoms with Crippen LogP contribution in [-0.4, -0.2) is 4.98 Å². The number of pyridine rings is 1. The second-order valence-electron chi connectivity index (χ2n) is 3.79. The second-order valence-corrected chi connectivity index (χ2v) is 3.79. The van der Waals surface area contributed by atoms with Crippen molar-refractivity contribution in [2.75, 3.05) is 0 Å². The summed E-state index contributed by atoms with van der Waals surface area (Å²) in [5.41, 5.74) is 2.23. The summed E-state index contributed by atoms with van der Waals surface area (Å²) in [6.07, 6.45) is 3.50. The minimum absolute atomic E-state index is 0.291. The minimum Gasteiger partial charge on any atom is -0.271 e. The van der Waals surface area contributed by atoms with Gasteiger partial charge in [-0.3, -0.25) is 16.3 Å². The van der Waals surface area contributed by atoms with E-state index in [1.54, 1.807) is 0 Å². The van der Waals surface area contributed by atoms with Crippen molar-refractivity contribution in [1.82, 2.24) is 10.4 Å². The van der Waals surface area contributed by atoms with Gasteiger partial charge in [0.1, 0.15) is 0 Å². The normalized spacial score (nSPS) is 13.1. The fourth-order valence-electron chi connectivity index (χ4n) is 1.50. The van der Waals surface area contributed by atoms with E-state index in [9.17, 15) is 13.2 Å². The lowest BCUT2D eigenvalue weighted by Crippen LogP contribution is -2.28. The third-order valence-corrected chi connectivity index (χ3v) is 2.49. The molecular weight excluding hydrogens is 243 g/mol. The Hall–Kier alpha value is -1.58. The number of aromatic nitrogens is 1. The SMILES string of the molecule is C#CCCCC(NN)c1ccc(C(F)(F)F)cn1. The van der Waals surface area contributed by atoms with Crippen LogP contribution < -0.4 is 11.3 Å². The number of hydrogen-bond donors (Lipinski definition) is 2. The van der Waals surface area contributed by atoms with E-state index in [0.717, 1.165) is 18.7 Å². The van der Waals surface area contributed by atoms with Crippen molar-refractivity contribution in [3.05, 3.63) is 29.6 Å². The highest BCUT2D eigenvalue weighted by atomic mass is 19.4. The molecule has 1 rings (SSSR count). The lowest BCUT2D eigenvalue weighted by Gasteiger charge is -2.15. The van der Waals surface area contributed by atoms with E-state index in [-0.39, 0.29) is 6.04 Å². The maximum atomic E-state index is 12.3. The number of nitrogens with zero attached hydrogens (tertiary/aromatic N) is 1. The Balaban J connectivity index is 2.73. The molecule has 3 N–H and O–H groups in total. The van der Waals surface area contributed by atoms with Gasteiger partial charge in [-0.1, -0.05) is 0 Å². The number of hydrogen-bond acceptors (Lipinski definition) is 3. The third kappa shape index (κ3) is 4.02. The van der Waals surface area contributed by atoms with E-state index in [2.05, 4.69) is 16.3 Å². The summed E-state index contributed by atoms with van der Waals surface area (Å²) in [6, 6.07) is 2.03. The van der Waals surface area contributed by atoms with Crippen molar-refractivity contribution in [2.45, 2.75) is 31.5 Å². The van der Waals surface area contributed by atoms with Crippen molar-refractivity contribution in [1.29, 1.82) is 0 Å². The Morgan fingerprint density at radius 2 is 2.17 bits per heavy atom. The van der Waals surface area contributed by atoms with Crippen LogP contribution in [0.25, 0.3) is 0 Å². The highest BCUT2D eigenvalue weighted by Crippen LogP contribution is 2.29. The fourth-order valence-corrected chi connectivity index (χ4v) is 1.50. The first-order chi connectivity index (χ1) is 8.49. The zero-order valence-electron chi connectivity index (χ0n) is 9.67. The topological polar surface area (TPSA) is 50.9 Å².